The first-order valence-corrected chi connectivity index (χ1v) is 15.8. The van der Waals surface area contributed by atoms with Gasteiger partial charge in [0.1, 0.15) is 6.04 Å². The van der Waals surface area contributed by atoms with Crippen LogP contribution in [-0.2, 0) is 38.2 Å². The Hall–Kier alpha value is -3.04. The third-order valence-electron chi connectivity index (χ3n) is 11.1. The van der Waals surface area contributed by atoms with Crippen molar-refractivity contribution in [2.75, 3.05) is 6.61 Å². The zero-order valence-corrected chi connectivity index (χ0v) is 26.2. The second kappa shape index (κ2) is 12.5. The number of rotatable bonds is 11. The van der Waals surface area contributed by atoms with Gasteiger partial charge in [-0.3, -0.25) is 24.0 Å². The fourth-order valence-corrected chi connectivity index (χ4v) is 9.00. The minimum atomic E-state index is -1.41. The van der Waals surface area contributed by atoms with Crippen LogP contribution in [-0.4, -0.2) is 58.7 Å². The molecule has 0 unspecified atom stereocenters. The molecule has 7 atom stereocenters. The summed E-state index contributed by atoms with van der Waals surface area (Å²) >= 11 is 0. The molecule has 43 heavy (non-hydrogen) atoms. The SMILES string of the molecule is CC(=O)O[C@]1(C(=O)COC(=O)CCC(=O)N[C@H](CC(C)C)C(=O)O)CC[C@@H]2[C@H]3CCC4=CC(=O)CC[C@]4(C)[C@@H]3CC[C@@]21C. The number of ether oxygens (including phenoxy) is 2. The van der Waals surface area contributed by atoms with Gasteiger partial charge in [0.2, 0.25) is 11.7 Å². The van der Waals surface area contributed by atoms with Crippen LogP contribution < -0.4 is 5.32 Å². The third-order valence-corrected chi connectivity index (χ3v) is 11.1. The van der Waals surface area contributed by atoms with Gasteiger partial charge >= 0.3 is 17.9 Å². The monoisotopic (exact) mass is 601 g/mol. The van der Waals surface area contributed by atoms with Crippen LogP contribution in [0.2, 0.25) is 0 Å². The Morgan fingerprint density at radius 2 is 1.70 bits per heavy atom. The second-order valence-corrected chi connectivity index (χ2v) is 14.1. The zero-order chi connectivity index (χ0) is 31.7. The maximum Gasteiger partial charge on any atom is 0.326 e. The van der Waals surface area contributed by atoms with E-state index in [0.717, 1.165) is 32.1 Å². The van der Waals surface area contributed by atoms with Crippen molar-refractivity contribution in [1.82, 2.24) is 5.32 Å². The summed E-state index contributed by atoms with van der Waals surface area (Å²) in [5.74, 6) is -2.34. The van der Waals surface area contributed by atoms with E-state index in [9.17, 15) is 33.9 Å². The molecule has 0 radical (unpaired) electrons. The lowest BCUT2D eigenvalue weighted by Crippen LogP contribution is -2.59. The maximum absolute atomic E-state index is 13.9. The van der Waals surface area contributed by atoms with E-state index in [0.29, 0.717) is 31.1 Å². The Bertz CT molecular complexity index is 1210. The van der Waals surface area contributed by atoms with Gasteiger partial charge in [-0.15, -0.1) is 0 Å². The van der Waals surface area contributed by atoms with Gasteiger partial charge in [0.25, 0.3) is 0 Å². The average Bonchev–Trinajstić information content (AvgIpc) is 3.22. The van der Waals surface area contributed by atoms with Gasteiger partial charge in [-0.2, -0.15) is 0 Å². The topological polar surface area (TPSA) is 153 Å². The molecule has 4 aliphatic carbocycles. The number of fused-ring (bicyclic) bond motifs is 5. The number of carbonyl (C=O) groups excluding carboxylic acids is 5. The molecule has 1 amide bonds. The van der Waals surface area contributed by atoms with Crippen LogP contribution in [0.5, 0.6) is 0 Å². The summed E-state index contributed by atoms with van der Waals surface area (Å²) in [6.45, 7) is 8.75. The summed E-state index contributed by atoms with van der Waals surface area (Å²) < 4.78 is 11.2. The number of Topliss-reactive ketones (excluding diaryl/α,β-unsaturated/α-hetero) is 1. The lowest BCUT2D eigenvalue weighted by molar-refractivity contribution is -0.191. The molecule has 0 aromatic rings. The fraction of sp³-hybridized carbons (Fsp3) is 0.758. The van der Waals surface area contributed by atoms with Gasteiger partial charge in [0.05, 0.1) is 6.42 Å². The van der Waals surface area contributed by atoms with Crippen molar-refractivity contribution >= 4 is 35.4 Å². The maximum atomic E-state index is 13.9. The number of esters is 2. The molecule has 0 bridgehead atoms. The van der Waals surface area contributed by atoms with Gasteiger partial charge in [-0.05, 0) is 86.5 Å². The summed E-state index contributed by atoms with van der Waals surface area (Å²) in [5, 5.41) is 11.8. The molecule has 0 aromatic carbocycles. The van der Waals surface area contributed by atoms with Crippen molar-refractivity contribution in [1.29, 1.82) is 0 Å². The number of nitrogens with one attached hydrogen (secondary N) is 1. The van der Waals surface area contributed by atoms with E-state index in [1.807, 2.05) is 26.8 Å². The molecule has 0 saturated heterocycles. The number of amides is 1. The Morgan fingerprint density at radius 1 is 1.00 bits per heavy atom. The standard InChI is InChI=1S/C33H47NO9/c1-19(2)16-26(30(40)41)34-28(38)8-9-29(39)42-18-27(37)33(43-20(3)35)15-12-25-23-7-6-21-17-22(36)10-13-31(21,4)24(23)11-14-32(25,33)5/h17,19,23-26H,6-16,18H2,1-5H3,(H,34,38)(H,40,41)/t23-,24+,25+,26+,31-,32-,33-/m0/s1. The zero-order valence-electron chi connectivity index (χ0n) is 26.2. The van der Waals surface area contributed by atoms with E-state index in [2.05, 4.69) is 12.2 Å². The third kappa shape index (κ3) is 6.29. The molecule has 10 nitrogen and oxygen atoms in total. The predicted molar refractivity (Wildman–Crippen MR) is 155 cm³/mol. The van der Waals surface area contributed by atoms with Crippen molar-refractivity contribution in [3.05, 3.63) is 11.6 Å². The molecule has 0 heterocycles. The number of carbonyl (C=O) groups is 6. The summed E-state index contributed by atoms with van der Waals surface area (Å²) in [6, 6.07) is -1.05. The summed E-state index contributed by atoms with van der Waals surface area (Å²) in [6.07, 6.45) is 7.37. The molecule has 0 aliphatic heterocycles. The molecule has 238 valence electrons. The van der Waals surface area contributed by atoms with Crippen LogP contribution in [0, 0.1) is 34.5 Å². The van der Waals surface area contributed by atoms with E-state index < -0.39 is 53.3 Å². The molecule has 0 spiro atoms. The van der Waals surface area contributed by atoms with Crippen LogP contribution in [0.4, 0.5) is 0 Å². The van der Waals surface area contributed by atoms with Crippen LogP contribution >= 0.6 is 0 Å². The molecule has 3 fully saturated rings. The molecular weight excluding hydrogens is 554 g/mol. The Kier molecular flexibility index (Phi) is 9.57. The highest BCUT2D eigenvalue weighted by Crippen LogP contribution is 2.68. The minimum absolute atomic E-state index is 0.0318. The van der Waals surface area contributed by atoms with Gasteiger partial charge < -0.3 is 19.9 Å². The quantitative estimate of drug-likeness (QED) is 0.330. The summed E-state index contributed by atoms with van der Waals surface area (Å²) in [5.41, 5.74) is -0.798. The molecule has 0 aromatic heterocycles. The fourth-order valence-electron chi connectivity index (χ4n) is 9.00. The number of hydrogen-bond acceptors (Lipinski definition) is 8. The van der Waals surface area contributed by atoms with Crippen molar-refractivity contribution in [3.8, 4) is 0 Å². The smallest absolute Gasteiger partial charge is 0.326 e. The molecule has 10 heteroatoms. The Balaban J connectivity index is 1.42. The van der Waals surface area contributed by atoms with Crippen molar-refractivity contribution < 1.29 is 43.3 Å². The molecule has 3 saturated carbocycles. The molecule has 4 aliphatic rings. The molecular formula is C33H47NO9. The van der Waals surface area contributed by atoms with Crippen LogP contribution in [0.25, 0.3) is 0 Å². The summed E-state index contributed by atoms with van der Waals surface area (Å²) in [4.78, 5) is 74.6. The van der Waals surface area contributed by atoms with E-state index >= 15 is 0 Å². The predicted octanol–water partition coefficient (Wildman–Crippen LogP) is 4.33. The first kappa shape index (κ1) is 32.9. The van der Waals surface area contributed by atoms with Gasteiger partial charge in [0.15, 0.2) is 18.0 Å². The van der Waals surface area contributed by atoms with Gasteiger partial charge in [0, 0.05) is 25.2 Å². The lowest BCUT2D eigenvalue weighted by Gasteiger charge is -2.59. The highest BCUT2D eigenvalue weighted by atomic mass is 16.6. The van der Waals surface area contributed by atoms with Crippen LogP contribution in [0.1, 0.15) is 105 Å². The van der Waals surface area contributed by atoms with Gasteiger partial charge in [-0.25, -0.2) is 4.79 Å². The van der Waals surface area contributed by atoms with Crippen LogP contribution in [0.15, 0.2) is 11.6 Å². The van der Waals surface area contributed by atoms with Crippen molar-refractivity contribution in [2.24, 2.45) is 34.5 Å². The first-order valence-electron chi connectivity index (χ1n) is 15.8. The Morgan fingerprint density at radius 3 is 2.35 bits per heavy atom. The highest BCUT2D eigenvalue weighted by Gasteiger charge is 2.68. The second-order valence-electron chi connectivity index (χ2n) is 14.1. The number of carboxylic acids is 1. The Labute approximate surface area is 253 Å². The normalized spacial score (nSPS) is 33.8. The minimum Gasteiger partial charge on any atom is -0.480 e. The number of carboxylic acid groups (broad SMARTS) is 1. The number of hydrogen-bond donors (Lipinski definition) is 2. The largest absolute Gasteiger partial charge is 0.480 e. The van der Waals surface area contributed by atoms with Crippen LogP contribution in [0.3, 0.4) is 0 Å². The molecule has 2 N–H and O–H groups in total. The van der Waals surface area contributed by atoms with E-state index in [4.69, 9.17) is 9.47 Å². The van der Waals surface area contributed by atoms with Gasteiger partial charge in [-0.1, -0.05) is 33.3 Å². The van der Waals surface area contributed by atoms with E-state index in [1.165, 1.54) is 12.5 Å². The summed E-state index contributed by atoms with van der Waals surface area (Å²) in [7, 11) is 0. The lowest BCUT2D eigenvalue weighted by atomic mass is 9.46. The van der Waals surface area contributed by atoms with Crippen molar-refractivity contribution in [3.63, 3.8) is 0 Å². The highest BCUT2D eigenvalue weighted by molar-refractivity contribution is 5.94. The average molecular weight is 602 g/mol. The number of aliphatic carboxylic acids is 1. The van der Waals surface area contributed by atoms with Crippen molar-refractivity contribution in [2.45, 2.75) is 117 Å². The van der Waals surface area contributed by atoms with E-state index in [1.54, 1.807) is 0 Å². The number of ketones is 2. The molecule has 4 rings (SSSR count). The first-order chi connectivity index (χ1) is 20.1. The van der Waals surface area contributed by atoms with E-state index in [-0.39, 0.29) is 42.3 Å². The number of allylic oxidation sites excluding steroid dienone is 1.